The van der Waals surface area contributed by atoms with Gasteiger partial charge in [-0.3, -0.25) is 9.59 Å². The van der Waals surface area contributed by atoms with E-state index >= 15 is 0 Å². The summed E-state index contributed by atoms with van der Waals surface area (Å²) in [5, 5.41) is 15.3. The van der Waals surface area contributed by atoms with Crippen molar-refractivity contribution in [2.45, 2.75) is 45.6 Å². The zero-order valence-electron chi connectivity index (χ0n) is 16.0. The van der Waals surface area contributed by atoms with Crippen molar-refractivity contribution in [1.29, 1.82) is 0 Å². The van der Waals surface area contributed by atoms with Gasteiger partial charge in [-0.1, -0.05) is 12.5 Å². The number of nitrogens with one attached hydrogen (secondary N) is 2. The van der Waals surface area contributed by atoms with Crippen LogP contribution < -0.4 is 10.6 Å². The molecule has 146 valence electrons. The lowest BCUT2D eigenvalue weighted by Crippen LogP contribution is -2.40. The average molecular weight is 373 g/mol. The van der Waals surface area contributed by atoms with E-state index in [0.29, 0.717) is 24.2 Å². The summed E-state index contributed by atoms with van der Waals surface area (Å²) in [6.45, 7) is 6.41. The first-order valence-electron chi connectivity index (χ1n) is 9.33. The SMILES string of the molecule is CC(C)(C)NC(=O)c1cccc(NC(=O)N2C[C@@H]3CCC[C@@]3(C(=O)O)C2)c1. The Balaban J connectivity index is 1.68. The summed E-state index contributed by atoms with van der Waals surface area (Å²) in [6.07, 6.45) is 2.37. The molecule has 3 amide bonds. The van der Waals surface area contributed by atoms with E-state index < -0.39 is 11.4 Å². The van der Waals surface area contributed by atoms with Gasteiger partial charge in [0.15, 0.2) is 0 Å². The molecule has 0 unspecified atom stereocenters. The van der Waals surface area contributed by atoms with Crippen molar-refractivity contribution in [3.63, 3.8) is 0 Å². The molecule has 7 heteroatoms. The second-order valence-electron chi connectivity index (χ2n) is 8.65. The van der Waals surface area contributed by atoms with Crippen LogP contribution in [0, 0.1) is 11.3 Å². The maximum absolute atomic E-state index is 12.6. The highest BCUT2D eigenvalue weighted by atomic mass is 16.4. The van der Waals surface area contributed by atoms with Crippen molar-refractivity contribution in [1.82, 2.24) is 10.2 Å². The zero-order valence-corrected chi connectivity index (χ0v) is 16.0. The minimum Gasteiger partial charge on any atom is -0.481 e. The molecule has 1 aliphatic heterocycles. The van der Waals surface area contributed by atoms with E-state index in [1.54, 1.807) is 29.2 Å². The van der Waals surface area contributed by atoms with E-state index in [0.717, 1.165) is 12.8 Å². The highest BCUT2D eigenvalue weighted by Gasteiger charge is 2.55. The van der Waals surface area contributed by atoms with Crippen LogP contribution in [0.5, 0.6) is 0 Å². The van der Waals surface area contributed by atoms with Gasteiger partial charge < -0.3 is 20.6 Å². The summed E-state index contributed by atoms with van der Waals surface area (Å²) in [5.74, 6) is -0.995. The second-order valence-corrected chi connectivity index (χ2v) is 8.65. The van der Waals surface area contributed by atoms with E-state index in [2.05, 4.69) is 10.6 Å². The van der Waals surface area contributed by atoms with Gasteiger partial charge in [0.25, 0.3) is 5.91 Å². The molecule has 0 bridgehead atoms. The minimum absolute atomic E-state index is 0.0182. The molecule has 0 spiro atoms. The normalized spacial score (nSPS) is 24.4. The fourth-order valence-electron chi connectivity index (χ4n) is 4.15. The number of hydrogen-bond donors (Lipinski definition) is 3. The van der Waals surface area contributed by atoms with E-state index in [9.17, 15) is 19.5 Å². The number of fused-ring (bicyclic) bond motifs is 1. The van der Waals surface area contributed by atoms with Crippen LogP contribution in [0.25, 0.3) is 0 Å². The molecule has 7 nitrogen and oxygen atoms in total. The topological polar surface area (TPSA) is 98.7 Å². The predicted octanol–water partition coefficient (Wildman–Crippen LogP) is 2.93. The molecule has 3 rings (SSSR count). The Morgan fingerprint density at radius 2 is 2.00 bits per heavy atom. The second kappa shape index (κ2) is 6.87. The first kappa shape index (κ1) is 19.2. The molecule has 1 saturated carbocycles. The number of anilines is 1. The molecule has 1 saturated heterocycles. The van der Waals surface area contributed by atoms with Gasteiger partial charge in [0, 0.05) is 29.9 Å². The van der Waals surface area contributed by atoms with Crippen LogP contribution in [0.3, 0.4) is 0 Å². The Morgan fingerprint density at radius 3 is 2.63 bits per heavy atom. The van der Waals surface area contributed by atoms with E-state index in [1.807, 2.05) is 20.8 Å². The maximum atomic E-state index is 12.6. The van der Waals surface area contributed by atoms with Crippen molar-refractivity contribution >= 4 is 23.6 Å². The Kier molecular flexibility index (Phi) is 4.88. The number of carbonyl (C=O) groups is 3. The standard InChI is InChI=1S/C20H27N3O4/c1-19(2,3)22-16(24)13-6-4-8-15(10-13)21-18(27)23-11-14-7-5-9-20(14,12-23)17(25)26/h4,6,8,10,14H,5,7,9,11-12H2,1-3H3,(H,21,27)(H,22,24)(H,25,26)/t14-,20+/m0/s1. The molecule has 2 atom stereocenters. The quantitative estimate of drug-likeness (QED) is 0.758. The average Bonchev–Trinajstić information content (AvgIpc) is 3.11. The molecule has 3 N–H and O–H groups in total. The number of aliphatic carboxylic acids is 1. The molecule has 0 radical (unpaired) electrons. The number of carbonyl (C=O) groups excluding carboxylic acids is 2. The molecule has 2 aliphatic rings. The van der Waals surface area contributed by atoms with E-state index in [4.69, 9.17) is 0 Å². The van der Waals surface area contributed by atoms with Gasteiger partial charge in [0.1, 0.15) is 0 Å². The summed E-state index contributed by atoms with van der Waals surface area (Å²) in [4.78, 5) is 38.3. The van der Waals surface area contributed by atoms with Crippen molar-refractivity contribution in [2.24, 2.45) is 11.3 Å². The number of nitrogens with zero attached hydrogens (tertiary/aromatic N) is 1. The lowest BCUT2D eigenvalue weighted by molar-refractivity contribution is -0.149. The Labute approximate surface area is 159 Å². The Hall–Kier alpha value is -2.57. The molecule has 1 aromatic rings. The molecule has 2 fully saturated rings. The molecule has 1 aromatic carbocycles. The van der Waals surface area contributed by atoms with Gasteiger partial charge in [0.05, 0.1) is 5.41 Å². The van der Waals surface area contributed by atoms with Gasteiger partial charge in [0.2, 0.25) is 0 Å². The largest absolute Gasteiger partial charge is 0.481 e. The van der Waals surface area contributed by atoms with Crippen LogP contribution in [-0.4, -0.2) is 46.5 Å². The smallest absolute Gasteiger partial charge is 0.321 e. The van der Waals surface area contributed by atoms with Gasteiger partial charge in [-0.25, -0.2) is 4.79 Å². The highest BCUT2D eigenvalue weighted by Crippen LogP contribution is 2.48. The Morgan fingerprint density at radius 1 is 1.26 bits per heavy atom. The molecular weight excluding hydrogens is 346 g/mol. The fraction of sp³-hybridized carbons (Fsp3) is 0.550. The van der Waals surface area contributed by atoms with Crippen LogP contribution >= 0.6 is 0 Å². The number of amides is 3. The predicted molar refractivity (Wildman–Crippen MR) is 102 cm³/mol. The number of carboxylic acid groups (broad SMARTS) is 1. The number of carboxylic acids is 1. The fourth-order valence-corrected chi connectivity index (χ4v) is 4.15. The number of benzene rings is 1. The number of rotatable bonds is 3. The summed E-state index contributed by atoms with van der Waals surface area (Å²) in [5.41, 5.74) is -0.174. The minimum atomic E-state index is -0.804. The van der Waals surface area contributed by atoms with Crippen LogP contribution in [0.15, 0.2) is 24.3 Å². The summed E-state index contributed by atoms with van der Waals surface area (Å²) in [7, 11) is 0. The third-order valence-corrected chi connectivity index (χ3v) is 5.45. The number of urea groups is 1. The molecular formula is C20H27N3O4. The summed E-state index contributed by atoms with van der Waals surface area (Å²) < 4.78 is 0. The lowest BCUT2D eigenvalue weighted by atomic mass is 9.81. The summed E-state index contributed by atoms with van der Waals surface area (Å²) in [6, 6.07) is 6.43. The molecule has 1 heterocycles. The van der Waals surface area contributed by atoms with Crippen LogP contribution in [0.1, 0.15) is 50.4 Å². The monoisotopic (exact) mass is 373 g/mol. The number of hydrogen-bond acceptors (Lipinski definition) is 3. The molecule has 1 aliphatic carbocycles. The van der Waals surface area contributed by atoms with Gasteiger partial charge in [-0.2, -0.15) is 0 Å². The van der Waals surface area contributed by atoms with Crippen molar-refractivity contribution in [3.05, 3.63) is 29.8 Å². The molecule has 0 aromatic heterocycles. The van der Waals surface area contributed by atoms with Gasteiger partial charge in [-0.15, -0.1) is 0 Å². The Bertz CT molecular complexity index is 771. The third kappa shape index (κ3) is 3.91. The molecule has 27 heavy (non-hydrogen) atoms. The van der Waals surface area contributed by atoms with E-state index in [-0.39, 0.29) is 29.9 Å². The lowest BCUT2D eigenvalue weighted by Gasteiger charge is -2.23. The van der Waals surface area contributed by atoms with E-state index in [1.165, 1.54) is 0 Å². The maximum Gasteiger partial charge on any atom is 0.321 e. The third-order valence-electron chi connectivity index (χ3n) is 5.45. The van der Waals surface area contributed by atoms with Crippen molar-refractivity contribution < 1.29 is 19.5 Å². The van der Waals surface area contributed by atoms with Gasteiger partial charge >= 0.3 is 12.0 Å². The highest BCUT2D eigenvalue weighted by molar-refractivity contribution is 5.97. The summed E-state index contributed by atoms with van der Waals surface area (Å²) >= 11 is 0. The van der Waals surface area contributed by atoms with Gasteiger partial charge in [-0.05, 0) is 57.7 Å². The number of likely N-dealkylation sites (tertiary alicyclic amines) is 1. The zero-order chi connectivity index (χ0) is 19.8. The van der Waals surface area contributed by atoms with Crippen molar-refractivity contribution in [3.8, 4) is 0 Å². The van der Waals surface area contributed by atoms with Crippen LogP contribution in [0.2, 0.25) is 0 Å². The van der Waals surface area contributed by atoms with Crippen LogP contribution in [-0.2, 0) is 4.79 Å². The van der Waals surface area contributed by atoms with Crippen LogP contribution in [0.4, 0.5) is 10.5 Å². The first-order chi connectivity index (χ1) is 12.6. The first-order valence-corrected chi connectivity index (χ1v) is 9.33. The van der Waals surface area contributed by atoms with Crippen molar-refractivity contribution in [2.75, 3.05) is 18.4 Å².